The molecule has 0 spiro atoms. The van der Waals surface area contributed by atoms with Gasteiger partial charge in [-0.05, 0) is 73.4 Å². The van der Waals surface area contributed by atoms with Gasteiger partial charge in [0.05, 0.1) is 11.1 Å². The Kier molecular flexibility index (Phi) is 9.83. The maximum Gasteiger partial charge on any atom is 0.217 e. The van der Waals surface area contributed by atoms with Gasteiger partial charge in [-0.2, -0.15) is 0 Å². The molecule has 4 N–H and O–H groups in total. The Morgan fingerprint density at radius 1 is 1.10 bits per heavy atom. The maximum absolute atomic E-state index is 12.9. The average Bonchev–Trinajstić information content (AvgIpc) is 2.68. The van der Waals surface area contributed by atoms with Crippen molar-refractivity contribution in [3.05, 3.63) is 0 Å². The van der Waals surface area contributed by atoms with Crippen LogP contribution in [0.25, 0.3) is 0 Å². The van der Waals surface area contributed by atoms with Crippen LogP contribution in [0.15, 0.2) is 9.98 Å². The highest BCUT2D eigenvalue weighted by Gasteiger charge is 2.35. The van der Waals surface area contributed by atoms with E-state index in [-0.39, 0.29) is 17.5 Å². The number of sulfonamides is 1. The van der Waals surface area contributed by atoms with Gasteiger partial charge >= 0.3 is 0 Å². The average molecular weight is 444 g/mol. The fourth-order valence-corrected chi connectivity index (χ4v) is 5.99. The van der Waals surface area contributed by atoms with Crippen LogP contribution in [0.5, 0.6) is 0 Å². The van der Waals surface area contributed by atoms with E-state index in [1.165, 1.54) is 0 Å². The summed E-state index contributed by atoms with van der Waals surface area (Å²) >= 11 is 0. The van der Waals surface area contributed by atoms with Crippen LogP contribution in [-0.4, -0.2) is 80.7 Å². The van der Waals surface area contributed by atoms with Crippen LogP contribution < -0.4 is 21.3 Å². The van der Waals surface area contributed by atoms with Gasteiger partial charge in [-0.25, -0.2) is 17.7 Å². The largest absolute Gasteiger partial charge is 0.372 e. The Hall–Kier alpha value is -1.39. The SMILES string of the molecule is CC/N=C(/NC1CCN(S(=O)(=O)C2CCNCC2)CC1)NC(C)/N=C(/C)NC(C)C. The first-order valence-corrected chi connectivity index (χ1v) is 12.8. The zero-order chi connectivity index (χ0) is 22.1. The Morgan fingerprint density at radius 3 is 2.30 bits per heavy atom. The molecule has 30 heavy (non-hydrogen) atoms. The minimum Gasteiger partial charge on any atom is -0.372 e. The lowest BCUT2D eigenvalue weighted by atomic mass is 10.1. The van der Waals surface area contributed by atoms with Gasteiger partial charge in [0.2, 0.25) is 10.0 Å². The third kappa shape index (κ3) is 7.70. The molecular weight excluding hydrogens is 402 g/mol. The van der Waals surface area contributed by atoms with E-state index in [1.54, 1.807) is 4.31 Å². The number of piperidine rings is 2. The summed E-state index contributed by atoms with van der Waals surface area (Å²) in [6.45, 7) is 13.5. The molecule has 0 amide bonds. The van der Waals surface area contributed by atoms with E-state index in [2.05, 4.69) is 45.1 Å². The lowest BCUT2D eigenvalue weighted by Crippen LogP contribution is -2.53. The molecule has 0 radical (unpaired) electrons. The van der Waals surface area contributed by atoms with Crippen molar-refractivity contribution in [2.45, 2.75) is 83.8 Å². The number of guanidine groups is 1. The van der Waals surface area contributed by atoms with Crippen LogP contribution in [0.1, 0.15) is 60.3 Å². The minimum absolute atomic E-state index is 0.116. The Balaban J connectivity index is 1.87. The van der Waals surface area contributed by atoms with Crippen molar-refractivity contribution in [3.8, 4) is 0 Å². The molecule has 2 fully saturated rings. The van der Waals surface area contributed by atoms with E-state index in [9.17, 15) is 8.42 Å². The summed E-state index contributed by atoms with van der Waals surface area (Å²) in [5.74, 6) is 1.61. The van der Waals surface area contributed by atoms with E-state index >= 15 is 0 Å². The third-order valence-electron chi connectivity index (χ3n) is 5.41. The van der Waals surface area contributed by atoms with Crippen LogP contribution in [0.4, 0.5) is 0 Å². The Labute approximate surface area is 182 Å². The van der Waals surface area contributed by atoms with Gasteiger partial charge in [0.1, 0.15) is 6.17 Å². The van der Waals surface area contributed by atoms with Gasteiger partial charge in [-0.3, -0.25) is 4.99 Å². The van der Waals surface area contributed by atoms with Crippen molar-refractivity contribution < 1.29 is 8.42 Å². The van der Waals surface area contributed by atoms with E-state index < -0.39 is 10.0 Å². The molecule has 0 aliphatic carbocycles. The molecule has 0 aromatic heterocycles. The van der Waals surface area contributed by atoms with Gasteiger partial charge < -0.3 is 21.3 Å². The molecule has 2 rings (SSSR count). The van der Waals surface area contributed by atoms with Gasteiger partial charge in [0, 0.05) is 31.7 Å². The highest BCUT2D eigenvalue weighted by molar-refractivity contribution is 7.89. The summed E-state index contributed by atoms with van der Waals surface area (Å²) in [5, 5.41) is 13.1. The van der Waals surface area contributed by atoms with Crippen LogP contribution in [0.3, 0.4) is 0 Å². The molecule has 10 heteroatoms. The monoisotopic (exact) mass is 443 g/mol. The van der Waals surface area contributed by atoms with Crippen molar-refractivity contribution in [1.82, 2.24) is 25.6 Å². The fraction of sp³-hybridized carbons (Fsp3) is 0.900. The van der Waals surface area contributed by atoms with Crippen molar-refractivity contribution >= 4 is 21.8 Å². The maximum atomic E-state index is 12.9. The molecule has 9 nitrogen and oxygen atoms in total. The molecule has 0 saturated carbocycles. The number of hydrogen-bond donors (Lipinski definition) is 4. The zero-order valence-corrected chi connectivity index (χ0v) is 20.1. The number of nitrogens with zero attached hydrogens (tertiary/aromatic N) is 3. The second-order valence-corrected chi connectivity index (χ2v) is 10.7. The molecular formula is C20H41N7O2S. The number of nitrogens with one attached hydrogen (secondary N) is 4. The van der Waals surface area contributed by atoms with Crippen LogP contribution in [-0.2, 0) is 10.0 Å². The van der Waals surface area contributed by atoms with Crippen LogP contribution in [0, 0.1) is 0 Å². The van der Waals surface area contributed by atoms with Gasteiger partial charge in [0.15, 0.2) is 5.96 Å². The van der Waals surface area contributed by atoms with Crippen molar-refractivity contribution in [2.75, 3.05) is 32.7 Å². The summed E-state index contributed by atoms with van der Waals surface area (Å²) < 4.78 is 27.5. The number of rotatable bonds is 7. The predicted molar refractivity (Wildman–Crippen MR) is 124 cm³/mol. The second kappa shape index (κ2) is 11.9. The van der Waals surface area contributed by atoms with Crippen LogP contribution in [0.2, 0.25) is 0 Å². The second-order valence-electron chi connectivity index (χ2n) is 8.47. The predicted octanol–water partition coefficient (Wildman–Crippen LogP) is 0.850. The fourth-order valence-electron chi connectivity index (χ4n) is 4.02. The van der Waals surface area contributed by atoms with Gasteiger partial charge in [-0.1, -0.05) is 0 Å². The first kappa shape index (κ1) is 24.9. The zero-order valence-electron chi connectivity index (χ0n) is 19.2. The lowest BCUT2D eigenvalue weighted by molar-refractivity contribution is 0.299. The number of amidine groups is 1. The first-order chi connectivity index (χ1) is 14.2. The number of hydrogen-bond acceptors (Lipinski definition) is 5. The van der Waals surface area contributed by atoms with E-state index in [0.717, 1.165) is 37.7 Å². The van der Waals surface area contributed by atoms with E-state index in [0.29, 0.717) is 38.5 Å². The van der Waals surface area contributed by atoms with Crippen molar-refractivity contribution in [2.24, 2.45) is 9.98 Å². The van der Waals surface area contributed by atoms with E-state index in [1.807, 2.05) is 20.8 Å². The minimum atomic E-state index is -3.19. The summed E-state index contributed by atoms with van der Waals surface area (Å²) in [5.41, 5.74) is 0. The lowest BCUT2D eigenvalue weighted by Gasteiger charge is -2.35. The van der Waals surface area contributed by atoms with Crippen molar-refractivity contribution in [3.63, 3.8) is 0 Å². The number of aliphatic imine (C=N–C) groups is 2. The van der Waals surface area contributed by atoms with Gasteiger partial charge in [-0.15, -0.1) is 0 Å². The van der Waals surface area contributed by atoms with Crippen molar-refractivity contribution in [1.29, 1.82) is 0 Å². The highest BCUT2D eigenvalue weighted by atomic mass is 32.2. The molecule has 2 aliphatic heterocycles. The van der Waals surface area contributed by atoms with E-state index in [4.69, 9.17) is 0 Å². The van der Waals surface area contributed by atoms with Crippen LogP contribution >= 0.6 is 0 Å². The third-order valence-corrected chi connectivity index (χ3v) is 7.81. The molecule has 2 saturated heterocycles. The Bertz CT molecular complexity index is 679. The summed E-state index contributed by atoms with van der Waals surface area (Å²) in [6.07, 6.45) is 2.86. The standard InChI is InChI=1S/C20H41N7O2S/c1-6-22-20(25-17(5)24-16(4)23-15(2)3)26-18-9-13-27(14-10-18)30(28,29)19-7-11-21-12-8-19/h15,17-19,21H,6-14H2,1-5H3,(H,23,24)(H2,22,25,26). The molecule has 0 bridgehead atoms. The molecule has 174 valence electrons. The molecule has 2 aliphatic rings. The molecule has 1 unspecified atom stereocenters. The summed E-state index contributed by atoms with van der Waals surface area (Å²) in [4.78, 5) is 9.14. The quantitative estimate of drug-likeness (QED) is 0.343. The molecule has 2 heterocycles. The summed E-state index contributed by atoms with van der Waals surface area (Å²) in [7, 11) is -3.19. The molecule has 1 atom stereocenters. The highest BCUT2D eigenvalue weighted by Crippen LogP contribution is 2.22. The Morgan fingerprint density at radius 2 is 1.73 bits per heavy atom. The smallest absolute Gasteiger partial charge is 0.217 e. The topological polar surface area (TPSA) is 110 Å². The summed E-state index contributed by atoms with van der Waals surface area (Å²) in [6, 6.07) is 0.544. The van der Waals surface area contributed by atoms with Gasteiger partial charge in [0.25, 0.3) is 0 Å². The molecule has 0 aromatic carbocycles. The normalized spacial score (nSPS) is 22.2. The molecule has 0 aromatic rings. The first-order valence-electron chi connectivity index (χ1n) is 11.3.